The summed E-state index contributed by atoms with van der Waals surface area (Å²) in [6, 6.07) is 6.22. The summed E-state index contributed by atoms with van der Waals surface area (Å²) in [4.78, 5) is 11.4. The summed E-state index contributed by atoms with van der Waals surface area (Å²) in [5, 5.41) is 9.34. The molecule has 1 aromatic carbocycles. The van der Waals surface area contributed by atoms with Gasteiger partial charge < -0.3 is 5.11 Å². The van der Waals surface area contributed by atoms with Crippen molar-refractivity contribution in [2.24, 2.45) is 5.41 Å². The third-order valence-electron chi connectivity index (χ3n) is 3.75. The number of benzene rings is 1. The zero-order valence-electron chi connectivity index (χ0n) is 9.95. The topological polar surface area (TPSA) is 37.3 Å². The fourth-order valence-electron chi connectivity index (χ4n) is 2.55. The third-order valence-corrected chi connectivity index (χ3v) is 3.75. The number of unbranched alkanes of at least 4 members (excludes halogenated alkanes) is 1. The molecule has 0 bridgehead atoms. The fourth-order valence-corrected chi connectivity index (χ4v) is 2.55. The van der Waals surface area contributed by atoms with E-state index in [9.17, 15) is 14.3 Å². The maximum absolute atomic E-state index is 12.8. The lowest BCUT2D eigenvalue weighted by Gasteiger charge is -2.11. The highest BCUT2D eigenvalue weighted by Gasteiger charge is 2.59. The summed E-state index contributed by atoms with van der Waals surface area (Å²) in [6.45, 7) is 2.06. The van der Waals surface area contributed by atoms with Crippen molar-refractivity contribution < 1.29 is 14.3 Å². The van der Waals surface area contributed by atoms with Gasteiger partial charge in [-0.1, -0.05) is 31.9 Å². The molecular weight excluding hydrogens is 219 g/mol. The molecule has 3 heteroatoms. The number of carboxylic acid groups (broad SMARTS) is 1. The first-order chi connectivity index (χ1) is 8.10. The third kappa shape index (κ3) is 2.19. The highest BCUT2D eigenvalue weighted by Crippen LogP contribution is 2.62. The molecule has 0 aromatic heterocycles. The number of carbonyl (C=O) groups is 1. The lowest BCUT2D eigenvalue weighted by Crippen LogP contribution is -2.17. The predicted octanol–water partition coefficient (Wildman–Crippen LogP) is 3.57. The van der Waals surface area contributed by atoms with Gasteiger partial charge in [-0.3, -0.25) is 4.79 Å². The standard InChI is InChI=1S/C14H17FO2/c1-2-3-8-14(13(16)17)9-12(14)10-4-6-11(15)7-5-10/h4-7,12H,2-3,8-9H2,1H3,(H,16,17). The molecule has 0 radical (unpaired) electrons. The normalized spacial score (nSPS) is 26.8. The zero-order valence-corrected chi connectivity index (χ0v) is 9.95. The molecule has 0 aliphatic heterocycles. The molecule has 2 unspecified atom stereocenters. The van der Waals surface area contributed by atoms with Crippen molar-refractivity contribution in [2.45, 2.75) is 38.5 Å². The van der Waals surface area contributed by atoms with Crippen molar-refractivity contribution >= 4 is 5.97 Å². The highest BCUT2D eigenvalue weighted by atomic mass is 19.1. The van der Waals surface area contributed by atoms with Crippen molar-refractivity contribution in [3.63, 3.8) is 0 Å². The van der Waals surface area contributed by atoms with E-state index < -0.39 is 11.4 Å². The van der Waals surface area contributed by atoms with E-state index in [2.05, 4.69) is 6.92 Å². The number of hydrogen-bond acceptors (Lipinski definition) is 1. The van der Waals surface area contributed by atoms with E-state index in [0.29, 0.717) is 6.42 Å². The van der Waals surface area contributed by atoms with E-state index in [1.54, 1.807) is 12.1 Å². The van der Waals surface area contributed by atoms with Crippen LogP contribution in [0.2, 0.25) is 0 Å². The van der Waals surface area contributed by atoms with Crippen LogP contribution < -0.4 is 0 Å². The number of hydrogen-bond donors (Lipinski definition) is 1. The van der Waals surface area contributed by atoms with Crippen LogP contribution >= 0.6 is 0 Å². The Morgan fingerprint density at radius 2 is 2.12 bits per heavy atom. The fraction of sp³-hybridized carbons (Fsp3) is 0.500. The molecule has 1 aromatic rings. The number of rotatable bonds is 5. The second kappa shape index (κ2) is 4.47. The first kappa shape index (κ1) is 12.1. The van der Waals surface area contributed by atoms with Crippen molar-refractivity contribution in [1.82, 2.24) is 0 Å². The Kier molecular flexibility index (Phi) is 3.18. The van der Waals surface area contributed by atoms with Gasteiger partial charge in [-0.25, -0.2) is 4.39 Å². The average molecular weight is 236 g/mol. The molecule has 0 heterocycles. The van der Waals surface area contributed by atoms with E-state index in [1.807, 2.05) is 0 Å². The van der Waals surface area contributed by atoms with Gasteiger partial charge >= 0.3 is 5.97 Å². The van der Waals surface area contributed by atoms with Gasteiger partial charge in [-0.05, 0) is 30.5 Å². The Bertz CT molecular complexity index is 413. The van der Waals surface area contributed by atoms with Crippen LogP contribution in [0.15, 0.2) is 24.3 Å². The van der Waals surface area contributed by atoms with E-state index >= 15 is 0 Å². The molecule has 1 aliphatic rings. The molecule has 2 atom stereocenters. The number of aliphatic carboxylic acids is 1. The minimum Gasteiger partial charge on any atom is -0.481 e. The minimum absolute atomic E-state index is 0.0622. The van der Waals surface area contributed by atoms with Crippen LogP contribution in [0, 0.1) is 11.2 Å². The highest BCUT2D eigenvalue weighted by molar-refractivity contribution is 5.80. The van der Waals surface area contributed by atoms with Gasteiger partial charge in [0.05, 0.1) is 5.41 Å². The van der Waals surface area contributed by atoms with E-state index in [4.69, 9.17) is 0 Å². The van der Waals surface area contributed by atoms with Gasteiger partial charge in [0, 0.05) is 5.92 Å². The molecule has 2 rings (SSSR count). The predicted molar refractivity (Wildman–Crippen MR) is 63.4 cm³/mol. The van der Waals surface area contributed by atoms with Crippen molar-refractivity contribution in [2.75, 3.05) is 0 Å². The molecule has 17 heavy (non-hydrogen) atoms. The maximum atomic E-state index is 12.8. The van der Waals surface area contributed by atoms with Crippen LogP contribution in [0.3, 0.4) is 0 Å². The Morgan fingerprint density at radius 1 is 1.47 bits per heavy atom. The summed E-state index contributed by atoms with van der Waals surface area (Å²) in [5.41, 5.74) is 0.360. The number of carboxylic acids is 1. The van der Waals surface area contributed by atoms with Crippen LogP contribution in [0.4, 0.5) is 4.39 Å². The summed E-state index contributed by atoms with van der Waals surface area (Å²) in [5.74, 6) is -0.920. The van der Waals surface area contributed by atoms with Gasteiger partial charge in [0.1, 0.15) is 5.82 Å². The minimum atomic E-state index is -0.708. The van der Waals surface area contributed by atoms with Gasteiger partial charge in [-0.2, -0.15) is 0 Å². The quantitative estimate of drug-likeness (QED) is 0.848. The van der Waals surface area contributed by atoms with Crippen molar-refractivity contribution in [3.05, 3.63) is 35.6 Å². The molecule has 1 fully saturated rings. The average Bonchev–Trinajstić information content (AvgIpc) is 3.03. The van der Waals surface area contributed by atoms with Crippen molar-refractivity contribution in [3.8, 4) is 0 Å². The number of halogens is 1. The van der Waals surface area contributed by atoms with E-state index in [0.717, 1.165) is 24.8 Å². The Morgan fingerprint density at radius 3 is 2.65 bits per heavy atom. The van der Waals surface area contributed by atoms with Gasteiger partial charge in [0.15, 0.2) is 0 Å². The molecule has 1 saturated carbocycles. The molecular formula is C14H17FO2. The Hall–Kier alpha value is -1.38. The summed E-state index contributed by atoms with van der Waals surface area (Å²) < 4.78 is 12.8. The lowest BCUT2D eigenvalue weighted by molar-refractivity contribution is -0.143. The van der Waals surface area contributed by atoms with Gasteiger partial charge in [0.25, 0.3) is 0 Å². The lowest BCUT2D eigenvalue weighted by atomic mass is 9.93. The van der Waals surface area contributed by atoms with E-state index in [1.165, 1.54) is 12.1 Å². The molecule has 0 saturated heterocycles. The molecule has 2 nitrogen and oxygen atoms in total. The van der Waals surface area contributed by atoms with Crippen LogP contribution in [0.5, 0.6) is 0 Å². The van der Waals surface area contributed by atoms with Crippen LogP contribution in [0.25, 0.3) is 0 Å². The molecule has 1 aliphatic carbocycles. The first-order valence-corrected chi connectivity index (χ1v) is 6.09. The maximum Gasteiger partial charge on any atom is 0.310 e. The SMILES string of the molecule is CCCCC1(C(=O)O)CC1c1ccc(F)cc1. The first-order valence-electron chi connectivity index (χ1n) is 6.09. The largest absolute Gasteiger partial charge is 0.481 e. The van der Waals surface area contributed by atoms with E-state index in [-0.39, 0.29) is 11.7 Å². The second-order valence-electron chi connectivity index (χ2n) is 4.87. The molecule has 0 amide bonds. The Balaban J connectivity index is 2.14. The van der Waals surface area contributed by atoms with Crippen LogP contribution in [0.1, 0.15) is 44.1 Å². The second-order valence-corrected chi connectivity index (χ2v) is 4.87. The van der Waals surface area contributed by atoms with Gasteiger partial charge in [0.2, 0.25) is 0 Å². The summed E-state index contributed by atoms with van der Waals surface area (Å²) in [6.07, 6.45) is 3.35. The van der Waals surface area contributed by atoms with Crippen LogP contribution in [-0.2, 0) is 4.79 Å². The molecule has 92 valence electrons. The molecule has 0 spiro atoms. The van der Waals surface area contributed by atoms with Crippen LogP contribution in [-0.4, -0.2) is 11.1 Å². The monoisotopic (exact) mass is 236 g/mol. The molecule has 1 N–H and O–H groups in total. The van der Waals surface area contributed by atoms with Gasteiger partial charge in [-0.15, -0.1) is 0 Å². The Labute approximate surface area is 100 Å². The smallest absolute Gasteiger partial charge is 0.310 e. The summed E-state index contributed by atoms with van der Waals surface area (Å²) >= 11 is 0. The zero-order chi connectivity index (χ0) is 12.5. The summed E-state index contributed by atoms with van der Waals surface area (Å²) in [7, 11) is 0. The van der Waals surface area contributed by atoms with Crippen molar-refractivity contribution in [1.29, 1.82) is 0 Å².